The zero-order valence-electron chi connectivity index (χ0n) is 14.9. The van der Waals surface area contributed by atoms with E-state index in [-0.39, 0.29) is 11.9 Å². The summed E-state index contributed by atoms with van der Waals surface area (Å²) in [5, 5.41) is 2.57. The van der Waals surface area contributed by atoms with Crippen molar-refractivity contribution < 1.29 is 14.3 Å². The quantitative estimate of drug-likeness (QED) is 0.675. The Morgan fingerprint density at radius 2 is 2.08 bits per heavy atom. The number of ether oxygens (including phenoxy) is 1. The van der Waals surface area contributed by atoms with Crippen LogP contribution in [-0.4, -0.2) is 29.2 Å². The van der Waals surface area contributed by atoms with E-state index in [1.54, 1.807) is 11.8 Å². The first kappa shape index (κ1) is 19.5. The molecule has 134 valence electrons. The Bertz CT molecular complexity index is 759. The molecule has 0 fully saturated rings. The molecule has 0 radical (unpaired) electrons. The van der Waals surface area contributed by atoms with Crippen molar-refractivity contribution in [1.29, 1.82) is 0 Å². The van der Waals surface area contributed by atoms with Gasteiger partial charge in [0, 0.05) is 18.1 Å². The van der Waals surface area contributed by atoms with Crippen LogP contribution in [0.3, 0.4) is 0 Å². The molecule has 1 aromatic carbocycles. The topological polar surface area (TPSA) is 59.5 Å². The van der Waals surface area contributed by atoms with Crippen LogP contribution in [0.5, 0.6) is 0 Å². The van der Waals surface area contributed by atoms with Crippen molar-refractivity contribution in [3.8, 4) is 0 Å². The monoisotopic (exact) mass is 378 g/mol. The number of hydrogen-bond donors (Lipinski definition) is 0. The highest BCUT2D eigenvalue weighted by molar-refractivity contribution is 7.99. The van der Waals surface area contributed by atoms with Crippen LogP contribution in [-0.2, 0) is 20.1 Å². The van der Waals surface area contributed by atoms with Crippen LogP contribution in [0.25, 0.3) is 0 Å². The third-order valence-electron chi connectivity index (χ3n) is 3.41. The van der Waals surface area contributed by atoms with Crippen molar-refractivity contribution in [1.82, 2.24) is 4.98 Å². The second-order valence-corrected chi connectivity index (χ2v) is 7.39. The highest BCUT2D eigenvalue weighted by Gasteiger charge is 2.19. The molecule has 2 rings (SSSR count). The van der Waals surface area contributed by atoms with E-state index >= 15 is 0 Å². The van der Waals surface area contributed by atoms with E-state index in [1.807, 2.05) is 31.4 Å². The molecule has 0 unspecified atom stereocenters. The summed E-state index contributed by atoms with van der Waals surface area (Å²) in [7, 11) is 0. The maximum absolute atomic E-state index is 12.2. The van der Waals surface area contributed by atoms with Gasteiger partial charge in [0.05, 0.1) is 23.7 Å². The predicted molar refractivity (Wildman–Crippen MR) is 104 cm³/mol. The molecule has 5 nitrogen and oxygen atoms in total. The van der Waals surface area contributed by atoms with Gasteiger partial charge < -0.3 is 4.74 Å². The molecule has 0 saturated heterocycles. The smallest absolute Gasteiger partial charge is 0.315 e. The van der Waals surface area contributed by atoms with Gasteiger partial charge in [-0.25, -0.2) is 4.98 Å². The Morgan fingerprint density at radius 3 is 2.72 bits per heavy atom. The fourth-order valence-corrected chi connectivity index (χ4v) is 4.06. The number of amides is 1. The predicted octanol–water partition coefficient (Wildman–Crippen LogP) is 4.24. The number of aromatic nitrogens is 1. The number of esters is 1. The second-order valence-electron chi connectivity index (χ2n) is 5.56. The van der Waals surface area contributed by atoms with Crippen molar-refractivity contribution in [2.75, 3.05) is 17.3 Å². The molecule has 0 saturated carbocycles. The summed E-state index contributed by atoms with van der Waals surface area (Å²) in [6.07, 6.45) is 0. The van der Waals surface area contributed by atoms with Crippen LogP contribution >= 0.6 is 23.1 Å². The summed E-state index contributed by atoms with van der Waals surface area (Å²) in [5.74, 6) is 0.609. The van der Waals surface area contributed by atoms with Gasteiger partial charge in [-0.05, 0) is 32.4 Å². The van der Waals surface area contributed by atoms with Crippen LogP contribution in [0.15, 0.2) is 23.6 Å². The molecule has 2 aromatic rings. The van der Waals surface area contributed by atoms with Gasteiger partial charge in [-0.1, -0.05) is 17.7 Å². The Kier molecular flexibility index (Phi) is 7.01. The molecule has 0 bridgehead atoms. The second kappa shape index (κ2) is 9.01. The maximum atomic E-state index is 12.2. The number of hydrogen-bond acceptors (Lipinski definition) is 6. The van der Waals surface area contributed by atoms with Gasteiger partial charge in [0.25, 0.3) is 0 Å². The number of carbonyl (C=O) groups excluding carboxylic acids is 2. The normalized spacial score (nSPS) is 10.6. The van der Waals surface area contributed by atoms with E-state index in [9.17, 15) is 9.59 Å². The van der Waals surface area contributed by atoms with Gasteiger partial charge in [-0.15, -0.1) is 23.1 Å². The van der Waals surface area contributed by atoms with Crippen LogP contribution in [0.4, 0.5) is 10.8 Å². The molecule has 0 spiro atoms. The van der Waals surface area contributed by atoms with Crippen molar-refractivity contribution in [3.63, 3.8) is 0 Å². The number of thiazole rings is 1. The molecule has 0 aliphatic carbocycles. The lowest BCUT2D eigenvalue weighted by Gasteiger charge is -2.20. The lowest BCUT2D eigenvalue weighted by Crippen LogP contribution is -2.23. The summed E-state index contributed by atoms with van der Waals surface area (Å²) in [6, 6.07) is 5.99. The van der Waals surface area contributed by atoms with E-state index in [1.165, 1.54) is 30.0 Å². The van der Waals surface area contributed by atoms with E-state index in [0.717, 1.165) is 22.5 Å². The molecule has 0 aliphatic rings. The summed E-state index contributed by atoms with van der Waals surface area (Å²) in [6.45, 7) is 7.73. The Balaban J connectivity index is 2.11. The first-order chi connectivity index (χ1) is 11.9. The number of rotatable bonds is 7. The molecule has 1 amide bonds. The van der Waals surface area contributed by atoms with E-state index in [4.69, 9.17) is 4.74 Å². The maximum Gasteiger partial charge on any atom is 0.315 e. The molecule has 0 aliphatic heterocycles. The molecule has 25 heavy (non-hydrogen) atoms. The van der Waals surface area contributed by atoms with Gasteiger partial charge in [0.2, 0.25) is 5.91 Å². The fraction of sp³-hybridized carbons (Fsp3) is 0.389. The first-order valence-electron chi connectivity index (χ1n) is 7.98. The Hall–Kier alpha value is -1.86. The van der Waals surface area contributed by atoms with Crippen molar-refractivity contribution in [2.45, 2.75) is 33.4 Å². The number of benzene rings is 1. The Morgan fingerprint density at radius 1 is 1.32 bits per heavy atom. The SMILES string of the molecule is CCOC(=O)CSCc1csc(N(C(C)=O)c2ccc(C)cc2C)n1. The molecular weight excluding hydrogens is 356 g/mol. The minimum Gasteiger partial charge on any atom is -0.465 e. The van der Waals surface area contributed by atoms with Gasteiger partial charge in [-0.3, -0.25) is 14.5 Å². The average Bonchev–Trinajstić information content (AvgIpc) is 2.98. The molecule has 1 heterocycles. The summed E-state index contributed by atoms with van der Waals surface area (Å²) in [5.41, 5.74) is 3.88. The highest BCUT2D eigenvalue weighted by Crippen LogP contribution is 2.32. The summed E-state index contributed by atoms with van der Waals surface area (Å²) in [4.78, 5) is 29.8. The first-order valence-corrected chi connectivity index (χ1v) is 10.0. The van der Waals surface area contributed by atoms with E-state index in [2.05, 4.69) is 11.1 Å². The molecular formula is C18H22N2O3S2. The third kappa shape index (κ3) is 5.31. The largest absolute Gasteiger partial charge is 0.465 e. The van der Waals surface area contributed by atoms with E-state index in [0.29, 0.717) is 23.2 Å². The fourth-order valence-electron chi connectivity index (χ4n) is 2.37. The standard InChI is InChI=1S/C18H22N2O3S2/c1-5-23-17(22)11-24-9-15-10-25-18(19-15)20(14(4)21)16-7-6-12(2)8-13(16)3/h6-8,10H,5,9,11H2,1-4H3. The van der Waals surface area contributed by atoms with Crippen molar-refractivity contribution in [3.05, 3.63) is 40.4 Å². The number of nitrogens with zero attached hydrogens (tertiary/aromatic N) is 2. The number of anilines is 2. The van der Waals surface area contributed by atoms with Gasteiger partial charge in [0.15, 0.2) is 5.13 Å². The zero-order valence-corrected chi connectivity index (χ0v) is 16.5. The minimum absolute atomic E-state index is 0.0768. The number of thioether (sulfide) groups is 1. The van der Waals surface area contributed by atoms with Crippen LogP contribution in [0.1, 0.15) is 30.7 Å². The average molecular weight is 379 g/mol. The number of carbonyl (C=O) groups is 2. The third-order valence-corrected chi connectivity index (χ3v) is 5.23. The van der Waals surface area contributed by atoms with Crippen molar-refractivity contribution >= 4 is 45.8 Å². The van der Waals surface area contributed by atoms with Crippen LogP contribution < -0.4 is 4.90 Å². The highest BCUT2D eigenvalue weighted by atomic mass is 32.2. The van der Waals surface area contributed by atoms with Gasteiger partial charge in [-0.2, -0.15) is 0 Å². The molecule has 0 N–H and O–H groups in total. The molecule has 7 heteroatoms. The van der Waals surface area contributed by atoms with Crippen LogP contribution in [0, 0.1) is 13.8 Å². The summed E-state index contributed by atoms with van der Waals surface area (Å²) >= 11 is 2.88. The zero-order chi connectivity index (χ0) is 18.4. The van der Waals surface area contributed by atoms with Gasteiger partial charge >= 0.3 is 5.97 Å². The van der Waals surface area contributed by atoms with Gasteiger partial charge in [0.1, 0.15) is 0 Å². The van der Waals surface area contributed by atoms with E-state index < -0.39 is 0 Å². The number of aryl methyl sites for hydroxylation is 2. The lowest BCUT2D eigenvalue weighted by molar-refractivity contribution is -0.139. The molecule has 1 aromatic heterocycles. The minimum atomic E-state index is -0.219. The van der Waals surface area contributed by atoms with Crippen LogP contribution in [0.2, 0.25) is 0 Å². The summed E-state index contributed by atoms with van der Waals surface area (Å²) < 4.78 is 4.90. The lowest BCUT2D eigenvalue weighted by atomic mass is 10.1. The molecule has 0 atom stereocenters. The Labute approximate surface area is 156 Å². The van der Waals surface area contributed by atoms with Crippen molar-refractivity contribution in [2.24, 2.45) is 0 Å².